The number of methoxy groups -OCH3 is 1. The topological polar surface area (TPSA) is 71.2 Å². The van der Waals surface area contributed by atoms with Gasteiger partial charge in [0.2, 0.25) is 0 Å². The van der Waals surface area contributed by atoms with Crippen molar-refractivity contribution in [3.63, 3.8) is 0 Å². The Labute approximate surface area is 154 Å². The Morgan fingerprint density at radius 1 is 1.22 bits per heavy atom. The maximum absolute atomic E-state index is 12.7. The molecule has 2 rings (SSSR count). The molecule has 0 aliphatic heterocycles. The number of hydrogen-bond acceptors (Lipinski definition) is 3. The van der Waals surface area contributed by atoms with E-state index in [0.717, 1.165) is 12.1 Å². The number of alkyl halides is 3. The lowest BCUT2D eigenvalue weighted by atomic mass is 10.0. The van der Waals surface area contributed by atoms with E-state index in [9.17, 15) is 22.8 Å². The van der Waals surface area contributed by atoms with Crippen molar-refractivity contribution in [2.75, 3.05) is 7.11 Å². The number of hydrogen-bond donors (Lipinski definition) is 2. The first kappa shape index (κ1) is 20.5. The van der Waals surface area contributed by atoms with Crippen LogP contribution in [0.15, 0.2) is 24.3 Å². The lowest BCUT2D eigenvalue weighted by Gasteiger charge is -2.15. The largest absolute Gasteiger partial charge is 0.465 e. The number of halogens is 3. The number of nitrogens with one attached hydrogen (secondary N) is 2. The van der Waals surface area contributed by atoms with Crippen molar-refractivity contribution in [1.82, 2.24) is 10.3 Å². The molecule has 2 N–H and O–H groups in total. The molecule has 0 saturated heterocycles. The molecule has 0 bridgehead atoms. The highest BCUT2D eigenvalue weighted by Crippen LogP contribution is 2.30. The Kier molecular flexibility index (Phi) is 5.98. The third-order valence-electron chi connectivity index (χ3n) is 4.38. The van der Waals surface area contributed by atoms with E-state index < -0.39 is 29.7 Å². The molecule has 5 nitrogen and oxygen atoms in total. The number of aromatic amines is 1. The monoisotopic (exact) mass is 382 g/mol. The molecule has 8 heteroatoms. The minimum absolute atomic E-state index is 0.228. The normalized spacial score (nSPS) is 12.6. The van der Waals surface area contributed by atoms with Gasteiger partial charge in [0.25, 0.3) is 5.91 Å². The highest BCUT2D eigenvalue weighted by atomic mass is 19.4. The third-order valence-corrected chi connectivity index (χ3v) is 4.38. The maximum atomic E-state index is 12.7. The summed E-state index contributed by atoms with van der Waals surface area (Å²) in [6.07, 6.45) is -3.90. The first-order valence-electron chi connectivity index (χ1n) is 8.37. The smallest absolute Gasteiger partial charge is 0.416 e. The molecule has 1 heterocycles. The van der Waals surface area contributed by atoms with Crippen molar-refractivity contribution >= 4 is 11.9 Å². The Balaban J connectivity index is 2.22. The van der Waals surface area contributed by atoms with Crippen LogP contribution in [0.4, 0.5) is 13.2 Å². The van der Waals surface area contributed by atoms with Crippen molar-refractivity contribution < 1.29 is 27.5 Å². The van der Waals surface area contributed by atoms with E-state index in [4.69, 9.17) is 4.74 Å². The van der Waals surface area contributed by atoms with E-state index >= 15 is 0 Å². The van der Waals surface area contributed by atoms with Gasteiger partial charge in [0, 0.05) is 5.69 Å². The molecule has 27 heavy (non-hydrogen) atoms. The van der Waals surface area contributed by atoms with Crippen molar-refractivity contribution in [2.45, 2.75) is 39.4 Å². The fourth-order valence-corrected chi connectivity index (χ4v) is 2.84. The number of H-pyrrole nitrogens is 1. The summed E-state index contributed by atoms with van der Waals surface area (Å²) in [6.45, 7) is 5.14. The summed E-state index contributed by atoms with van der Waals surface area (Å²) in [5, 5.41) is 2.73. The van der Waals surface area contributed by atoms with Crippen LogP contribution in [0.3, 0.4) is 0 Å². The van der Waals surface area contributed by atoms with E-state index in [2.05, 4.69) is 10.3 Å². The van der Waals surface area contributed by atoms with Crippen LogP contribution >= 0.6 is 0 Å². The molecule has 0 radical (unpaired) electrons. The van der Waals surface area contributed by atoms with Gasteiger partial charge in [0.15, 0.2) is 0 Å². The van der Waals surface area contributed by atoms with Crippen LogP contribution in [0.25, 0.3) is 0 Å². The number of aromatic nitrogens is 1. The fourth-order valence-electron chi connectivity index (χ4n) is 2.84. The Hall–Kier alpha value is -2.77. The first-order valence-corrected chi connectivity index (χ1v) is 8.37. The van der Waals surface area contributed by atoms with Gasteiger partial charge < -0.3 is 15.0 Å². The van der Waals surface area contributed by atoms with Gasteiger partial charge in [-0.25, -0.2) is 4.79 Å². The molecular formula is C19H21F3N2O3. The van der Waals surface area contributed by atoms with E-state index in [0.29, 0.717) is 28.8 Å². The van der Waals surface area contributed by atoms with Gasteiger partial charge in [-0.1, -0.05) is 19.1 Å². The molecular weight excluding hydrogens is 361 g/mol. The van der Waals surface area contributed by atoms with Crippen molar-refractivity contribution in [3.8, 4) is 0 Å². The molecule has 1 unspecified atom stereocenters. The van der Waals surface area contributed by atoms with Crippen LogP contribution in [-0.2, 0) is 17.3 Å². The summed E-state index contributed by atoms with van der Waals surface area (Å²) >= 11 is 0. The highest BCUT2D eigenvalue weighted by molar-refractivity contribution is 6.00. The summed E-state index contributed by atoms with van der Waals surface area (Å²) in [5.41, 5.74) is 1.39. The number of carbonyl (C=O) groups is 2. The summed E-state index contributed by atoms with van der Waals surface area (Å²) in [4.78, 5) is 27.5. The second-order valence-corrected chi connectivity index (χ2v) is 6.14. The average molecular weight is 382 g/mol. The molecule has 146 valence electrons. The van der Waals surface area contributed by atoms with Gasteiger partial charge in [-0.15, -0.1) is 0 Å². The van der Waals surface area contributed by atoms with Crippen molar-refractivity contribution in [2.24, 2.45) is 0 Å². The molecule has 0 fully saturated rings. The van der Waals surface area contributed by atoms with Gasteiger partial charge in [-0.05, 0) is 43.5 Å². The number of aryl methyl sites for hydroxylation is 1. The van der Waals surface area contributed by atoms with E-state index in [1.807, 2.05) is 6.92 Å². The molecule has 0 saturated carbocycles. The van der Waals surface area contributed by atoms with Crippen LogP contribution < -0.4 is 5.32 Å². The predicted molar refractivity (Wildman–Crippen MR) is 93.6 cm³/mol. The van der Waals surface area contributed by atoms with Crippen LogP contribution in [0.2, 0.25) is 0 Å². The van der Waals surface area contributed by atoms with Crippen LogP contribution in [0.1, 0.15) is 63.1 Å². The second-order valence-electron chi connectivity index (χ2n) is 6.14. The quantitative estimate of drug-likeness (QED) is 0.762. The second kappa shape index (κ2) is 7.85. The van der Waals surface area contributed by atoms with Gasteiger partial charge in [0.1, 0.15) is 5.69 Å². The molecule has 0 spiro atoms. The number of rotatable bonds is 5. The SMILES string of the molecule is CCc1[nH]c(C(=O)NC(C)c2ccc(C(F)(F)F)cc2)c(C)c1C(=O)OC. The summed E-state index contributed by atoms with van der Waals surface area (Å²) in [7, 11) is 1.26. The molecule has 1 atom stereocenters. The number of esters is 1. The van der Waals surface area contributed by atoms with Gasteiger partial charge in [-0.3, -0.25) is 4.79 Å². The van der Waals surface area contributed by atoms with E-state index in [1.165, 1.54) is 19.2 Å². The first-order chi connectivity index (χ1) is 12.6. The lowest BCUT2D eigenvalue weighted by Crippen LogP contribution is -2.27. The van der Waals surface area contributed by atoms with Crippen LogP contribution in [0.5, 0.6) is 0 Å². The third kappa shape index (κ3) is 4.32. The van der Waals surface area contributed by atoms with Gasteiger partial charge in [0.05, 0.1) is 24.3 Å². The molecule has 2 aromatic rings. The maximum Gasteiger partial charge on any atom is 0.416 e. The summed E-state index contributed by atoms with van der Waals surface area (Å²) in [5.74, 6) is -0.986. The van der Waals surface area contributed by atoms with Crippen LogP contribution in [0, 0.1) is 6.92 Å². The van der Waals surface area contributed by atoms with Gasteiger partial charge in [-0.2, -0.15) is 13.2 Å². The van der Waals surface area contributed by atoms with E-state index in [1.54, 1.807) is 13.8 Å². The van der Waals surface area contributed by atoms with Crippen molar-refractivity contribution in [1.29, 1.82) is 0 Å². The highest BCUT2D eigenvalue weighted by Gasteiger charge is 2.30. The minimum Gasteiger partial charge on any atom is -0.465 e. The van der Waals surface area contributed by atoms with Gasteiger partial charge >= 0.3 is 12.1 Å². The van der Waals surface area contributed by atoms with E-state index in [-0.39, 0.29) is 5.69 Å². The molecule has 0 aliphatic carbocycles. The zero-order valence-corrected chi connectivity index (χ0v) is 15.5. The molecule has 0 aliphatic rings. The Morgan fingerprint density at radius 2 is 1.81 bits per heavy atom. The molecule has 1 aromatic heterocycles. The Bertz CT molecular complexity index is 839. The molecule has 1 aromatic carbocycles. The van der Waals surface area contributed by atoms with Crippen molar-refractivity contribution in [3.05, 3.63) is 57.9 Å². The number of amides is 1. The predicted octanol–water partition coefficient (Wildman–Crippen LogP) is 4.18. The fraction of sp³-hybridized carbons (Fsp3) is 0.368. The van der Waals surface area contributed by atoms with Crippen LogP contribution in [-0.4, -0.2) is 24.0 Å². The minimum atomic E-state index is -4.41. The summed E-state index contributed by atoms with van der Waals surface area (Å²) < 4.78 is 42.7. The average Bonchev–Trinajstić information content (AvgIpc) is 2.97. The lowest BCUT2D eigenvalue weighted by molar-refractivity contribution is -0.137. The number of benzene rings is 1. The Morgan fingerprint density at radius 3 is 2.30 bits per heavy atom. The zero-order valence-electron chi connectivity index (χ0n) is 15.5. The zero-order chi connectivity index (χ0) is 20.4. The summed E-state index contributed by atoms with van der Waals surface area (Å²) in [6, 6.07) is 4.08. The molecule has 1 amide bonds. The standard InChI is InChI=1S/C19H21F3N2O3/c1-5-14-15(18(26)27-4)10(2)16(24-14)17(25)23-11(3)12-6-8-13(9-7-12)19(20,21)22/h6-9,11,24H,5H2,1-4H3,(H,23,25). The number of ether oxygens (including phenoxy) is 1. The number of carbonyl (C=O) groups excluding carboxylic acids is 2.